The smallest absolute Gasteiger partial charge is 0.138 e. The summed E-state index contributed by atoms with van der Waals surface area (Å²) in [5.41, 5.74) is 1.97. The molecule has 0 unspecified atom stereocenters. The zero-order valence-electron chi connectivity index (χ0n) is 8.34. The molecule has 0 radical (unpaired) electrons. The Kier molecular flexibility index (Phi) is 2.11. The average molecular weight is 230 g/mol. The highest BCUT2D eigenvalue weighted by molar-refractivity contribution is 6.29. The number of aromatic nitrogens is 3. The Morgan fingerprint density at radius 3 is 2.88 bits per heavy atom. The van der Waals surface area contributed by atoms with E-state index in [0.29, 0.717) is 5.15 Å². The van der Waals surface area contributed by atoms with Crippen molar-refractivity contribution in [2.75, 3.05) is 0 Å². The van der Waals surface area contributed by atoms with E-state index in [4.69, 9.17) is 11.6 Å². The first kappa shape index (κ1) is 9.36. The highest BCUT2D eigenvalue weighted by atomic mass is 35.5. The van der Waals surface area contributed by atoms with Crippen LogP contribution < -0.4 is 0 Å². The molecular weight excluding hydrogens is 222 g/mol. The van der Waals surface area contributed by atoms with E-state index in [1.807, 2.05) is 41.1 Å². The summed E-state index contributed by atoms with van der Waals surface area (Å²) in [6, 6.07) is 11.4. The molecule has 3 heterocycles. The van der Waals surface area contributed by atoms with E-state index in [2.05, 4.69) is 9.97 Å². The third-order valence-electron chi connectivity index (χ3n) is 2.40. The van der Waals surface area contributed by atoms with Gasteiger partial charge in [0.2, 0.25) is 0 Å². The average Bonchev–Trinajstić information content (AvgIpc) is 2.72. The standard InChI is InChI=1S/C12H8ClN3/c13-11-4-1-5-12(15-11)16-8-6-9-10(16)3-2-7-14-9/h1-8H. The van der Waals surface area contributed by atoms with Gasteiger partial charge in [-0.05, 0) is 30.3 Å². The number of nitrogens with zero attached hydrogens (tertiary/aromatic N) is 3. The summed E-state index contributed by atoms with van der Waals surface area (Å²) in [5, 5.41) is 0.489. The van der Waals surface area contributed by atoms with Crippen LogP contribution in [0.15, 0.2) is 48.8 Å². The van der Waals surface area contributed by atoms with Gasteiger partial charge in [0.1, 0.15) is 11.0 Å². The second-order valence-corrected chi connectivity index (χ2v) is 3.80. The quantitative estimate of drug-likeness (QED) is 0.601. The molecule has 0 aliphatic rings. The number of fused-ring (bicyclic) bond motifs is 1. The Morgan fingerprint density at radius 1 is 1.06 bits per heavy atom. The SMILES string of the molecule is Clc1cccc(-n2ccc3ncccc32)n1. The molecule has 3 aromatic rings. The van der Waals surface area contributed by atoms with Crippen LogP contribution in [0, 0.1) is 0 Å². The molecule has 0 aliphatic heterocycles. The van der Waals surface area contributed by atoms with Gasteiger partial charge >= 0.3 is 0 Å². The Hall–Kier alpha value is -1.87. The molecule has 3 nitrogen and oxygen atoms in total. The van der Waals surface area contributed by atoms with Crippen molar-refractivity contribution in [2.45, 2.75) is 0 Å². The minimum absolute atomic E-state index is 0.489. The monoisotopic (exact) mass is 229 g/mol. The first-order valence-corrected chi connectivity index (χ1v) is 5.27. The molecule has 0 bridgehead atoms. The molecule has 0 fully saturated rings. The predicted octanol–water partition coefficient (Wildman–Crippen LogP) is 3.07. The third kappa shape index (κ3) is 1.46. The minimum Gasteiger partial charge on any atom is -0.300 e. The second kappa shape index (κ2) is 3.61. The Labute approximate surface area is 97.3 Å². The third-order valence-corrected chi connectivity index (χ3v) is 2.61. The van der Waals surface area contributed by atoms with Crippen molar-refractivity contribution in [3.05, 3.63) is 53.9 Å². The van der Waals surface area contributed by atoms with E-state index in [0.717, 1.165) is 16.9 Å². The second-order valence-electron chi connectivity index (χ2n) is 3.41. The van der Waals surface area contributed by atoms with Crippen molar-refractivity contribution in [2.24, 2.45) is 0 Å². The summed E-state index contributed by atoms with van der Waals surface area (Å²) in [5.74, 6) is 0.801. The molecule has 0 atom stereocenters. The summed E-state index contributed by atoms with van der Waals surface area (Å²) in [6.45, 7) is 0. The number of hydrogen-bond acceptors (Lipinski definition) is 2. The Morgan fingerprint density at radius 2 is 2.00 bits per heavy atom. The minimum atomic E-state index is 0.489. The molecule has 3 rings (SSSR count). The maximum atomic E-state index is 5.87. The summed E-state index contributed by atoms with van der Waals surface area (Å²) < 4.78 is 1.97. The maximum Gasteiger partial charge on any atom is 0.138 e. The van der Waals surface area contributed by atoms with Crippen molar-refractivity contribution in [1.82, 2.24) is 14.5 Å². The van der Waals surface area contributed by atoms with Gasteiger partial charge in [-0.1, -0.05) is 17.7 Å². The number of halogens is 1. The maximum absolute atomic E-state index is 5.87. The molecule has 0 aromatic carbocycles. The molecule has 0 spiro atoms. The van der Waals surface area contributed by atoms with E-state index < -0.39 is 0 Å². The molecule has 78 valence electrons. The highest BCUT2D eigenvalue weighted by Crippen LogP contribution is 2.18. The lowest BCUT2D eigenvalue weighted by Crippen LogP contribution is -1.95. The van der Waals surface area contributed by atoms with Crippen LogP contribution >= 0.6 is 11.6 Å². The highest BCUT2D eigenvalue weighted by Gasteiger charge is 2.04. The lowest BCUT2D eigenvalue weighted by Gasteiger charge is -2.03. The molecule has 16 heavy (non-hydrogen) atoms. The van der Waals surface area contributed by atoms with Gasteiger partial charge in [-0.2, -0.15) is 0 Å². The fraction of sp³-hybridized carbons (Fsp3) is 0. The van der Waals surface area contributed by atoms with E-state index >= 15 is 0 Å². The molecule has 3 aromatic heterocycles. The van der Waals surface area contributed by atoms with E-state index in [1.165, 1.54) is 0 Å². The first-order chi connectivity index (χ1) is 7.84. The van der Waals surface area contributed by atoms with Crippen LogP contribution in [-0.2, 0) is 0 Å². The van der Waals surface area contributed by atoms with Crippen LogP contribution in [0.4, 0.5) is 0 Å². The number of hydrogen-bond donors (Lipinski definition) is 0. The van der Waals surface area contributed by atoms with Crippen LogP contribution in [0.1, 0.15) is 0 Å². The van der Waals surface area contributed by atoms with Gasteiger partial charge in [0.15, 0.2) is 0 Å². The number of pyridine rings is 2. The zero-order valence-corrected chi connectivity index (χ0v) is 9.09. The summed E-state index contributed by atoms with van der Waals surface area (Å²) in [4.78, 5) is 8.53. The lowest BCUT2D eigenvalue weighted by atomic mass is 10.4. The zero-order chi connectivity index (χ0) is 11.0. The van der Waals surface area contributed by atoms with E-state index in [-0.39, 0.29) is 0 Å². The first-order valence-electron chi connectivity index (χ1n) is 4.89. The summed E-state index contributed by atoms with van der Waals surface area (Å²) in [6.07, 6.45) is 3.72. The van der Waals surface area contributed by atoms with Crippen molar-refractivity contribution in [3.8, 4) is 5.82 Å². The molecule has 0 aliphatic carbocycles. The van der Waals surface area contributed by atoms with Gasteiger partial charge in [0, 0.05) is 12.4 Å². The van der Waals surface area contributed by atoms with Gasteiger partial charge in [-0.15, -0.1) is 0 Å². The normalized spacial score (nSPS) is 10.8. The molecule has 4 heteroatoms. The van der Waals surface area contributed by atoms with E-state index in [9.17, 15) is 0 Å². The number of rotatable bonds is 1. The fourth-order valence-corrected chi connectivity index (χ4v) is 1.86. The predicted molar refractivity (Wildman–Crippen MR) is 63.9 cm³/mol. The lowest BCUT2D eigenvalue weighted by molar-refractivity contribution is 1.04. The van der Waals surface area contributed by atoms with Gasteiger partial charge in [-0.3, -0.25) is 9.55 Å². The van der Waals surface area contributed by atoms with E-state index in [1.54, 1.807) is 12.3 Å². The van der Waals surface area contributed by atoms with Gasteiger partial charge in [-0.25, -0.2) is 4.98 Å². The molecule has 0 N–H and O–H groups in total. The molecule has 0 saturated heterocycles. The fourth-order valence-electron chi connectivity index (χ4n) is 1.70. The van der Waals surface area contributed by atoms with Crippen molar-refractivity contribution in [1.29, 1.82) is 0 Å². The summed E-state index contributed by atoms with van der Waals surface area (Å²) >= 11 is 5.87. The van der Waals surface area contributed by atoms with Crippen LogP contribution in [0.3, 0.4) is 0 Å². The van der Waals surface area contributed by atoms with Crippen molar-refractivity contribution < 1.29 is 0 Å². The Balaban J connectivity index is 2.26. The largest absolute Gasteiger partial charge is 0.300 e. The van der Waals surface area contributed by atoms with Gasteiger partial charge in [0.05, 0.1) is 11.0 Å². The van der Waals surface area contributed by atoms with Gasteiger partial charge in [0.25, 0.3) is 0 Å². The van der Waals surface area contributed by atoms with Crippen molar-refractivity contribution >= 4 is 22.6 Å². The van der Waals surface area contributed by atoms with Crippen LogP contribution in [0.5, 0.6) is 0 Å². The van der Waals surface area contributed by atoms with Crippen LogP contribution in [-0.4, -0.2) is 14.5 Å². The van der Waals surface area contributed by atoms with Crippen LogP contribution in [0.2, 0.25) is 5.15 Å². The van der Waals surface area contributed by atoms with Gasteiger partial charge < -0.3 is 0 Å². The van der Waals surface area contributed by atoms with Crippen LogP contribution in [0.25, 0.3) is 16.9 Å². The topological polar surface area (TPSA) is 30.7 Å². The Bertz CT molecular complexity index is 645. The van der Waals surface area contributed by atoms with Crippen molar-refractivity contribution in [3.63, 3.8) is 0 Å². The molecule has 0 saturated carbocycles. The molecule has 0 amide bonds. The molecular formula is C12H8ClN3. The summed E-state index contributed by atoms with van der Waals surface area (Å²) in [7, 11) is 0.